The minimum atomic E-state index is -0.781. The molecule has 0 saturated carbocycles. The van der Waals surface area contributed by atoms with Gasteiger partial charge in [-0.15, -0.1) is 0 Å². The van der Waals surface area contributed by atoms with E-state index in [1.54, 1.807) is 16.8 Å². The van der Waals surface area contributed by atoms with Crippen molar-refractivity contribution in [3.8, 4) is 0 Å². The maximum Gasteiger partial charge on any atom is 0.319 e. The molecule has 0 aliphatic carbocycles. The lowest BCUT2D eigenvalue weighted by atomic mass is 9.97. The lowest BCUT2D eigenvalue weighted by Gasteiger charge is -2.40. The van der Waals surface area contributed by atoms with Crippen molar-refractivity contribution in [2.24, 2.45) is 5.92 Å². The van der Waals surface area contributed by atoms with Crippen LogP contribution in [-0.4, -0.2) is 53.6 Å². The van der Waals surface area contributed by atoms with E-state index < -0.39 is 5.97 Å². The molecular formula is C11H20N2O3. The second-order valence-electron chi connectivity index (χ2n) is 4.43. The Morgan fingerprint density at radius 2 is 2.06 bits per heavy atom. The number of carboxylic acid groups (broad SMARTS) is 1. The Hall–Kier alpha value is -1.26. The third kappa shape index (κ3) is 3.40. The van der Waals surface area contributed by atoms with Crippen LogP contribution in [0.2, 0.25) is 0 Å². The van der Waals surface area contributed by atoms with Crippen molar-refractivity contribution >= 4 is 12.0 Å². The van der Waals surface area contributed by atoms with E-state index in [0.29, 0.717) is 13.1 Å². The van der Waals surface area contributed by atoms with Crippen LogP contribution in [0.25, 0.3) is 0 Å². The molecule has 1 heterocycles. The van der Waals surface area contributed by atoms with Crippen molar-refractivity contribution in [2.75, 3.05) is 26.7 Å². The molecular weight excluding hydrogens is 208 g/mol. The SMILES string of the molecule is CCCCN(C)C(=O)N1CC(CC(=O)O)C1. The average molecular weight is 228 g/mol. The molecule has 16 heavy (non-hydrogen) atoms. The van der Waals surface area contributed by atoms with E-state index >= 15 is 0 Å². The van der Waals surface area contributed by atoms with Gasteiger partial charge in [0.1, 0.15) is 0 Å². The second kappa shape index (κ2) is 5.72. The highest BCUT2D eigenvalue weighted by Gasteiger charge is 2.33. The second-order valence-corrected chi connectivity index (χ2v) is 4.43. The first-order chi connectivity index (χ1) is 7.54. The molecule has 0 radical (unpaired) electrons. The van der Waals surface area contributed by atoms with E-state index in [0.717, 1.165) is 19.4 Å². The first-order valence-electron chi connectivity index (χ1n) is 5.76. The Kier molecular flexibility index (Phi) is 4.58. The van der Waals surface area contributed by atoms with Gasteiger partial charge < -0.3 is 14.9 Å². The van der Waals surface area contributed by atoms with E-state index in [9.17, 15) is 9.59 Å². The molecule has 0 aromatic rings. The van der Waals surface area contributed by atoms with Crippen molar-refractivity contribution in [3.63, 3.8) is 0 Å². The number of nitrogens with zero attached hydrogens (tertiary/aromatic N) is 2. The van der Waals surface area contributed by atoms with Gasteiger partial charge in [-0.2, -0.15) is 0 Å². The molecule has 1 aliphatic rings. The van der Waals surface area contributed by atoms with Crippen LogP contribution in [0.4, 0.5) is 4.79 Å². The largest absolute Gasteiger partial charge is 0.481 e. The standard InChI is InChI=1S/C11H20N2O3/c1-3-4-5-12(2)11(16)13-7-9(8-13)6-10(14)15/h9H,3-8H2,1-2H3,(H,14,15). The lowest BCUT2D eigenvalue weighted by molar-refractivity contribution is -0.139. The summed E-state index contributed by atoms with van der Waals surface area (Å²) in [6, 6.07) is 0.0232. The minimum Gasteiger partial charge on any atom is -0.481 e. The number of carbonyl (C=O) groups excluding carboxylic acids is 1. The molecule has 0 atom stereocenters. The van der Waals surface area contributed by atoms with Gasteiger partial charge in [-0.05, 0) is 6.42 Å². The van der Waals surface area contributed by atoms with Gasteiger partial charge in [0.15, 0.2) is 0 Å². The predicted octanol–water partition coefficient (Wildman–Crippen LogP) is 1.24. The van der Waals surface area contributed by atoms with E-state index in [4.69, 9.17) is 5.11 Å². The average Bonchev–Trinajstić information content (AvgIpc) is 2.18. The number of likely N-dealkylation sites (tertiary alicyclic amines) is 1. The first kappa shape index (κ1) is 12.8. The third-order valence-electron chi connectivity index (χ3n) is 2.86. The molecule has 1 N–H and O–H groups in total. The zero-order valence-electron chi connectivity index (χ0n) is 9.98. The van der Waals surface area contributed by atoms with E-state index in [1.165, 1.54) is 0 Å². The normalized spacial score (nSPS) is 15.8. The van der Waals surface area contributed by atoms with Crippen LogP contribution in [0.15, 0.2) is 0 Å². The van der Waals surface area contributed by atoms with Crippen LogP contribution >= 0.6 is 0 Å². The van der Waals surface area contributed by atoms with Crippen molar-refractivity contribution in [1.29, 1.82) is 0 Å². The summed E-state index contributed by atoms with van der Waals surface area (Å²) in [5.74, 6) is -0.641. The molecule has 0 spiro atoms. The molecule has 0 unspecified atom stereocenters. The zero-order chi connectivity index (χ0) is 12.1. The first-order valence-corrected chi connectivity index (χ1v) is 5.76. The number of unbranched alkanes of at least 4 members (excludes halogenated alkanes) is 1. The van der Waals surface area contributed by atoms with Gasteiger partial charge in [-0.1, -0.05) is 13.3 Å². The molecule has 0 aromatic carbocycles. The van der Waals surface area contributed by atoms with Crippen molar-refractivity contribution in [1.82, 2.24) is 9.80 Å². The molecule has 5 heteroatoms. The number of urea groups is 1. The smallest absolute Gasteiger partial charge is 0.319 e. The topological polar surface area (TPSA) is 60.9 Å². The Bertz CT molecular complexity index is 262. The van der Waals surface area contributed by atoms with Crippen LogP contribution in [0.5, 0.6) is 0 Å². The fourth-order valence-electron chi connectivity index (χ4n) is 1.83. The number of hydrogen-bond donors (Lipinski definition) is 1. The molecule has 92 valence electrons. The van der Waals surface area contributed by atoms with Gasteiger partial charge in [0.05, 0.1) is 6.42 Å². The van der Waals surface area contributed by atoms with Gasteiger partial charge in [0.2, 0.25) is 0 Å². The summed E-state index contributed by atoms with van der Waals surface area (Å²) in [5.41, 5.74) is 0. The highest BCUT2D eigenvalue weighted by atomic mass is 16.4. The van der Waals surface area contributed by atoms with Crippen molar-refractivity contribution in [3.05, 3.63) is 0 Å². The molecule has 1 aliphatic heterocycles. The summed E-state index contributed by atoms with van der Waals surface area (Å²) in [7, 11) is 1.79. The molecule has 5 nitrogen and oxygen atoms in total. The van der Waals surface area contributed by atoms with Crippen LogP contribution in [0, 0.1) is 5.92 Å². The Morgan fingerprint density at radius 3 is 2.56 bits per heavy atom. The molecule has 1 rings (SSSR count). The molecule has 0 bridgehead atoms. The van der Waals surface area contributed by atoms with Crippen molar-refractivity contribution < 1.29 is 14.7 Å². The maximum absolute atomic E-state index is 11.8. The van der Waals surface area contributed by atoms with Gasteiger partial charge in [0.25, 0.3) is 0 Å². The summed E-state index contributed by atoms with van der Waals surface area (Å²) < 4.78 is 0. The van der Waals surface area contributed by atoms with Gasteiger partial charge >= 0.3 is 12.0 Å². The summed E-state index contributed by atoms with van der Waals surface area (Å²) >= 11 is 0. The summed E-state index contributed by atoms with van der Waals surface area (Å²) in [5, 5.41) is 8.59. The van der Waals surface area contributed by atoms with E-state index in [2.05, 4.69) is 6.92 Å². The Labute approximate surface area is 96.0 Å². The fraction of sp³-hybridized carbons (Fsp3) is 0.818. The molecule has 1 saturated heterocycles. The Morgan fingerprint density at radius 1 is 1.44 bits per heavy atom. The van der Waals surface area contributed by atoms with Gasteiger partial charge in [0, 0.05) is 32.6 Å². The minimum absolute atomic E-state index is 0.0232. The number of rotatable bonds is 5. The quantitative estimate of drug-likeness (QED) is 0.770. The highest BCUT2D eigenvalue weighted by Crippen LogP contribution is 2.20. The number of hydrogen-bond acceptors (Lipinski definition) is 2. The van der Waals surface area contributed by atoms with Gasteiger partial charge in [-0.3, -0.25) is 4.79 Å². The zero-order valence-corrected chi connectivity index (χ0v) is 9.98. The number of aliphatic carboxylic acids is 1. The van der Waals surface area contributed by atoms with Crippen LogP contribution < -0.4 is 0 Å². The monoisotopic (exact) mass is 228 g/mol. The molecule has 0 aromatic heterocycles. The highest BCUT2D eigenvalue weighted by molar-refractivity contribution is 5.75. The molecule has 2 amide bonds. The third-order valence-corrected chi connectivity index (χ3v) is 2.86. The number of amides is 2. The van der Waals surface area contributed by atoms with Gasteiger partial charge in [-0.25, -0.2) is 4.79 Å². The summed E-state index contributed by atoms with van der Waals surface area (Å²) in [6.45, 7) is 4.03. The van der Waals surface area contributed by atoms with Crippen LogP contribution in [0.3, 0.4) is 0 Å². The van der Waals surface area contributed by atoms with Crippen molar-refractivity contribution in [2.45, 2.75) is 26.2 Å². The maximum atomic E-state index is 11.8. The van der Waals surface area contributed by atoms with E-state index in [1.807, 2.05) is 0 Å². The van der Waals surface area contributed by atoms with Crippen LogP contribution in [-0.2, 0) is 4.79 Å². The summed E-state index contributed by atoms with van der Waals surface area (Å²) in [6.07, 6.45) is 2.25. The predicted molar refractivity (Wildman–Crippen MR) is 60.2 cm³/mol. The van der Waals surface area contributed by atoms with Crippen LogP contribution in [0.1, 0.15) is 26.2 Å². The lowest BCUT2D eigenvalue weighted by Crippen LogP contribution is -2.54. The number of carboxylic acids is 1. The summed E-state index contributed by atoms with van der Waals surface area (Å²) in [4.78, 5) is 25.6. The van der Waals surface area contributed by atoms with E-state index in [-0.39, 0.29) is 18.4 Å². The fourth-order valence-corrected chi connectivity index (χ4v) is 1.83. The molecule has 1 fully saturated rings. The number of carbonyl (C=O) groups is 2. The Balaban J connectivity index is 2.23.